The largest absolute Gasteiger partial charge is 0.497 e. The molecular formula is C23H29NO4. The molecule has 1 fully saturated rings. The Morgan fingerprint density at radius 2 is 1.79 bits per heavy atom. The Morgan fingerprint density at radius 1 is 1.07 bits per heavy atom. The van der Waals surface area contributed by atoms with Crippen molar-refractivity contribution >= 4 is 5.97 Å². The van der Waals surface area contributed by atoms with Crippen LogP contribution in [0.4, 0.5) is 0 Å². The number of likely N-dealkylation sites (tertiary alicyclic amines) is 1. The number of benzene rings is 2. The number of nitrogens with zero attached hydrogens (tertiary/aromatic N) is 1. The van der Waals surface area contributed by atoms with Gasteiger partial charge in [-0.1, -0.05) is 35.7 Å². The molecular weight excluding hydrogens is 354 g/mol. The summed E-state index contributed by atoms with van der Waals surface area (Å²) in [6.07, 6.45) is 2.59. The number of hydrogen-bond acceptors (Lipinski definition) is 4. The van der Waals surface area contributed by atoms with Crippen molar-refractivity contribution < 1.29 is 19.4 Å². The Labute approximate surface area is 166 Å². The van der Waals surface area contributed by atoms with Crippen LogP contribution in [0.1, 0.15) is 47.6 Å². The quantitative estimate of drug-likeness (QED) is 0.804. The third kappa shape index (κ3) is 4.14. The van der Waals surface area contributed by atoms with Crippen molar-refractivity contribution in [1.82, 2.24) is 4.90 Å². The fraction of sp³-hybridized carbons (Fsp3) is 0.435. The van der Waals surface area contributed by atoms with Crippen LogP contribution in [0.5, 0.6) is 11.5 Å². The Bertz CT molecular complexity index is 828. The molecule has 0 spiro atoms. The van der Waals surface area contributed by atoms with E-state index in [1.165, 1.54) is 0 Å². The maximum atomic E-state index is 12.0. The van der Waals surface area contributed by atoms with E-state index in [1.807, 2.05) is 18.2 Å². The van der Waals surface area contributed by atoms with E-state index in [9.17, 15) is 9.90 Å². The number of methoxy groups -OCH3 is 2. The van der Waals surface area contributed by atoms with Gasteiger partial charge in [0, 0.05) is 11.6 Å². The monoisotopic (exact) mass is 383 g/mol. The van der Waals surface area contributed by atoms with Crippen LogP contribution in [-0.2, 0) is 4.79 Å². The van der Waals surface area contributed by atoms with Crippen molar-refractivity contribution in [3.63, 3.8) is 0 Å². The molecule has 5 heteroatoms. The van der Waals surface area contributed by atoms with Crippen molar-refractivity contribution in [3.8, 4) is 11.5 Å². The number of ether oxygens (including phenoxy) is 2. The fourth-order valence-corrected chi connectivity index (χ4v) is 4.29. The average molecular weight is 383 g/mol. The minimum absolute atomic E-state index is 0.194. The molecule has 1 N–H and O–H groups in total. The molecule has 0 aromatic heterocycles. The van der Waals surface area contributed by atoms with Gasteiger partial charge in [0.1, 0.15) is 17.5 Å². The van der Waals surface area contributed by atoms with Gasteiger partial charge in [0.05, 0.1) is 20.3 Å². The SMILES string of the molecule is COc1ccc(C(c2cc(C)cc(C)c2)N2CCCCC2C(=O)O)c(OC)c1. The van der Waals surface area contributed by atoms with Gasteiger partial charge in [-0.05, 0) is 50.9 Å². The van der Waals surface area contributed by atoms with E-state index >= 15 is 0 Å². The normalized spacial score (nSPS) is 18.5. The lowest BCUT2D eigenvalue weighted by molar-refractivity contribution is -0.145. The molecule has 1 aliphatic rings. The molecule has 2 aromatic carbocycles. The van der Waals surface area contributed by atoms with E-state index in [0.29, 0.717) is 17.9 Å². The Balaban J connectivity index is 2.18. The van der Waals surface area contributed by atoms with Crippen LogP contribution in [0.2, 0.25) is 0 Å². The summed E-state index contributed by atoms with van der Waals surface area (Å²) in [5.74, 6) is 0.660. The van der Waals surface area contributed by atoms with E-state index < -0.39 is 12.0 Å². The zero-order chi connectivity index (χ0) is 20.3. The van der Waals surface area contributed by atoms with E-state index in [-0.39, 0.29) is 6.04 Å². The highest BCUT2D eigenvalue weighted by molar-refractivity contribution is 5.74. The van der Waals surface area contributed by atoms with Gasteiger partial charge >= 0.3 is 5.97 Å². The van der Waals surface area contributed by atoms with Gasteiger partial charge in [-0.15, -0.1) is 0 Å². The van der Waals surface area contributed by atoms with Crippen LogP contribution < -0.4 is 9.47 Å². The molecule has 150 valence electrons. The standard InChI is InChI=1S/C23H29NO4/c1-15-11-16(2)13-17(12-15)22(24-10-6-5-7-20(24)23(25)26)19-9-8-18(27-3)14-21(19)28-4/h8-9,11-14,20,22H,5-7,10H2,1-4H3,(H,25,26). The lowest BCUT2D eigenvalue weighted by Gasteiger charge is -2.40. The van der Waals surface area contributed by atoms with E-state index in [2.05, 4.69) is 36.9 Å². The predicted molar refractivity (Wildman–Crippen MR) is 109 cm³/mol. The second-order valence-corrected chi connectivity index (χ2v) is 7.52. The number of piperidine rings is 1. The Morgan fingerprint density at radius 3 is 2.39 bits per heavy atom. The summed E-state index contributed by atoms with van der Waals surface area (Å²) in [5.41, 5.74) is 4.38. The zero-order valence-corrected chi connectivity index (χ0v) is 17.1. The van der Waals surface area contributed by atoms with Crippen molar-refractivity contribution in [2.45, 2.75) is 45.2 Å². The minimum Gasteiger partial charge on any atom is -0.497 e. The first-order chi connectivity index (χ1) is 13.4. The summed E-state index contributed by atoms with van der Waals surface area (Å²) in [6.45, 7) is 4.89. The van der Waals surface area contributed by atoms with Gasteiger partial charge in [0.2, 0.25) is 0 Å². The molecule has 5 nitrogen and oxygen atoms in total. The van der Waals surface area contributed by atoms with Gasteiger partial charge in [-0.2, -0.15) is 0 Å². The number of aliphatic carboxylic acids is 1. The van der Waals surface area contributed by atoms with Crippen molar-refractivity contribution in [3.05, 3.63) is 58.7 Å². The molecule has 0 amide bonds. The van der Waals surface area contributed by atoms with Crippen LogP contribution in [0.25, 0.3) is 0 Å². The van der Waals surface area contributed by atoms with Crippen molar-refractivity contribution in [2.75, 3.05) is 20.8 Å². The Kier molecular flexibility index (Phi) is 6.25. The number of carboxylic acid groups (broad SMARTS) is 1. The molecule has 0 radical (unpaired) electrons. The predicted octanol–water partition coefficient (Wildman–Crippen LogP) is 4.35. The summed E-state index contributed by atoms with van der Waals surface area (Å²) in [6, 6.07) is 11.5. The number of carboxylic acids is 1. The smallest absolute Gasteiger partial charge is 0.320 e. The summed E-state index contributed by atoms with van der Waals surface area (Å²) in [5, 5.41) is 9.88. The van der Waals surface area contributed by atoms with Crippen LogP contribution in [0, 0.1) is 13.8 Å². The first-order valence-corrected chi connectivity index (χ1v) is 9.73. The van der Waals surface area contributed by atoms with Crippen LogP contribution in [0.3, 0.4) is 0 Å². The molecule has 1 aliphatic heterocycles. The molecule has 0 saturated carbocycles. The topological polar surface area (TPSA) is 59.0 Å². The first kappa shape index (κ1) is 20.2. The van der Waals surface area contributed by atoms with E-state index in [4.69, 9.17) is 9.47 Å². The second-order valence-electron chi connectivity index (χ2n) is 7.52. The molecule has 28 heavy (non-hydrogen) atoms. The number of hydrogen-bond donors (Lipinski definition) is 1. The molecule has 2 unspecified atom stereocenters. The molecule has 0 aliphatic carbocycles. The molecule has 3 rings (SSSR count). The number of rotatable bonds is 6. The number of aryl methyl sites for hydroxylation is 2. The first-order valence-electron chi connectivity index (χ1n) is 9.73. The highest BCUT2D eigenvalue weighted by Gasteiger charge is 2.36. The molecule has 1 saturated heterocycles. The average Bonchev–Trinajstić information content (AvgIpc) is 2.68. The van der Waals surface area contributed by atoms with Crippen molar-refractivity contribution in [2.24, 2.45) is 0 Å². The van der Waals surface area contributed by atoms with Crippen molar-refractivity contribution in [1.29, 1.82) is 0 Å². The molecule has 2 atom stereocenters. The van der Waals surface area contributed by atoms with Gasteiger partial charge in [0.15, 0.2) is 0 Å². The van der Waals surface area contributed by atoms with Gasteiger partial charge in [-0.25, -0.2) is 0 Å². The summed E-state index contributed by atoms with van der Waals surface area (Å²) in [4.78, 5) is 14.1. The lowest BCUT2D eigenvalue weighted by Crippen LogP contribution is -2.47. The molecule has 0 bridgehead atoms. The zero-order valence-electron chi connectivity index (χ0n) is 17.1. The molecule has 2 aromatic rings. The molecule has 1 heterocycles. The fourth-order valence-electron chi connectivity index (χ4n) is 4.29. The van der Waals surface area contributed by atoms with E-state index in [1.54, 1.807) is 14.2 Å². The number of carbonyl (C=O) groups is 1. The highest BCUT2D eigenvalue weighted by Crippen LogP contribution is 2.40. The minimum atomic E-state index is -0.762. The Hall–Kier alpha value is -2.53. The van der Waals surface area contributed by atoms with Crippen LogP contribution >= 0.6 is 0 Å². The summed E-state index contributed by atoms with van der Waals surface area (Å²) in [7, 11) is 3.27. The van der Waals surface area contributed by atoms with Crippen LogP contribution in [0.15, 0.2) is 36.4 Å². The lowest BCUT2D eigenvalue weighted by atomic mass is 9.89. The highest BCUT2D eigenvalue weighted by atomic mass is 16.5. The van der Waals surface area contributed by atoms with Crippen LogP contribution in [-0.4, -0.2) is 42.8 Å². The van der Waals surface area contributed by atoms with Gasteiger partial charge in [-0.3, -0.25) is 9.69 Å². The third-order valence-electron chi connectivity index (χ3n) is 5.46. The summed E-state index contributed by atoms with van der Waals surface area (Å²) >= 11 is 0. The third-order valence-corrected chi connectivity index (χ3v) is 5.46. The van der Waals surface area contributed by atoms with Gasteiger partial charge in [0.25, 0.3) is 0 Å². The van der Waals surface area contributed by atoms with Gasteiger partial charge < -0.3 is 14.6 Å². The summed E-state index contributed by atoms with van der Waals surface area (Å²) < 4.78 is 11.0. The van der Waals surface area contributed by atoms with E-state index in [0.717, 1.165) is 41.6 Å². The maximum absolute atomic E-state index is 12.0. The second kappa shape index (κ2) is 8.65. The maximum Gasteiger partial charge on any atom is 0.320 e.